The molecule has 20 heavy (non-hydrogen) atoms. The predicted molar refractivity (Wildman–Crippen MR) is 77.9 cm³/mol. The van der Waals surface area contributed by atoms with Gasteiger partial charge in [-0.2, -0.15) is 5.10 Å². The third-order valence-electron chi connectivity index (χ3n) is 3.80. The Hall–Kier alpha value is -0.920. The second-order valence-electron chi connectivity index (χ2n) is 5.38. The number of rotatable bonds is 9. The average molecular weight is 300 g/mol. The number of nitrogens with zero attached hydrogens (tertiary/aromatic N) is 2. The number of aromatic nitrogens is 2. The Kier molecular flexibility index (Phi) is 5.56. The largest absolute Gasteiger partial charge is 0.320 e. The van der Waals surface area contributed by atoms with E-state index in [1.807, 2.05) is 7.05 Å². The van der Waals surface area contributed by atoms with Crippen LogP contribution in [0.2, 0.25) is 0 Å². The lowest BCUT2D eigenvalue weighted by atomic mass is 9.83. The molecule has 0 spiro atoms. The summed E-state index contributed by atoms with van der Waals surface area (Å²) in [6.07, 6.45) is 8.65. The average Bonchev–Trinajstić information content (AvgIpc) is 2.82. The van der Waals surface area contributed by atoms with Crippen molar-refractivity contribution in [2.24, 2.45) is 5.92 Å². The fourth-order valence-corrected chi connectivity index (χ4v) is 3.29. The molecule has 1 saturated carbocycles. The molecular weight excluding hydrogens is 276 g/mol. The first kappa shape index (κ1) is 15.5. The van der Waals surface area contributed by atoms with Crippen LogP contribution in [0.15, 0.2) is 17.3 Å². The SMILES string of the molecule is CNCCCn1cc(S(=O)(=O)NCCC2CCC2)cn1. The summed E-state index contributed by atoms with van der Waals surface area (Å²) in [5.41, 5.74) is 0. The lowest BCUT2D eigenvalue weighted by molar-refractivity contribution is 0.297. The summed E-state index contributed by atoms with van der Waals surface area (Å²) in [7, 11) is -1.50. The molecule has 0 aromatic carbocycles. The summed E-state index contributed by atoms with van der Waals surface area (Å²) in [4.78, 5) is 0.260. The highest BCUT2D eigenvalue weighted by Crippen LogP contribution is 2.28. The van der Waals surface area contributed by atoms with Gasteiger partial charge in [0.25, 0.3) is 0 Å². The molecule has 1 aromatic rings. The Morgan fingerprint density at radius 2 is 2.20 bits per heavy atom. The molecule has 7 heteroatoms. The summed E-state index contributed by atoms with van der Waals surface area (Å²) >= 11 is 0. The molecule has 1 aliphatic rings. The van der Waals surface area contributed by atoms with Crippen molar-refractivity contribution in [3.05, 3.63) is 12.4 Å². The van der Waals surface area contributed by atoms with Crippen molar-refractivity contribution in [1.29, 1.82) is 0 Å². The van der Waals surface area contributed by atoms with Crippen molar-refractivity contribution in [1.82, 2.24) is 19.8 Å². The van der Waals surface area contributed by atoms with Gasteiger partial charge in [0.15, 0.2) is 0 Å². The Balaban J connectivity index is 1.81. The maximum atomic E-state index is 12.1. The number of nitrogens with one attached hydrogen (secondary N) is 2. The molecule has 0 atom stereocenters. The quantitative estimate of drug-likeness (QED) is 0.666. The Morgan fingerprint density at radius 1 is 1.40 bits per heavy atom. The van der Waals surface area contributed by atoms with Crippen LogP contribution >= 0.6 is 0 Å². The van der Waals surface area contributed by atoms with E-state index in [9.17, 15) is 8.42 Å². The van der Waals surface area contributed by atoms with Crippen LogP contribution in [0.4, 0.5) is 0 Å². The zero-order valence-electron chi connectivity index (χ0n) is 12.0. The Bertz CT molecular complexity index is 508. The maximum Gasteiger partial charge on any atom is 0.243 e. The van der Waals surface area contributed by atoms with Crippen molar-refractivity contribution in [3.63, 3.8) is 0 Å². The molecule has 1 aliphatic carbocycles. The van der Waals surface area contributed by atoms with Crippen LogP contribution in [0.25, 0.3) is 0 Å². The molecule has 2 N–H and O–H groups in total. The fourth-order valence-electron chi connectivity index (χ4n) is 2.29. The van der Waals surface area contributed by atoms with Crippen LogP contribution in [0.5, 0.6) is 0 Å². The van der Waals surface area contributed by atoms with Crippen molar-refractivity contribution in [3.8, 4) is 0 Å². The van der Waals surface area contributed by atoms with Crippen LogP contribution < -0.4 is 10.0 Å². The predicted octanol–water partition coefficient (Wildman–Crippen LogP) is 0.961. The minimum absolute atomic E-state index is 0.260. The van der Waals surface area contributed by atoms with E-state index >= 15 is 0 Å². The first-order valence-corrected chi connectivity index (χ1v) is 8.77. The van der Waals surface area contributed by atoms with Gasteiger partial charge in [-0.05, 0) is 32.4 Å². The summed E-state index contributed by atoms with van der Waals surface area (Å²) in [6.45, 7) is 2.14. The molecule has 0 aliphatic heterocycles. The van der Waals surface area contributed by atoms with Crippen LogP contribution in [0.3, 0.4) is 0 Å². The lowest BCUT2D eigenvalue weighted by Crippen LogP contribution is -2.27. The smallest absolute Gasteiger partial charge is 0.243 e. The van der Waals surface area contributed by atoms with E-state index in [1.54, 1.807) is 10.9 Å². The maximum absolute atomic E-state index is 12.1. The van der Waals surface area contributed by atoms with E-state index in [0.717, 1.165) is 25.9 Å². The van der Waals surface area contributed by atoms with Crippen molar-refractivity contribution >= 4 is 10.0 Å². The van der Waals surface area contributed by atoms with E-state index in [-0.39, 0.29) is 4.90 Å². The highest BCUT2D eigenvalue weighted by molar-refractivity contribution is 7.89. The molecular formula is C13H24N4O2S. The standard InChI is InChI=1S/C13H24N4O2S/c1-14-7-3-9-17-11-13(10-15-17)20(18,19)16-8-6-12-4-2-5-12/h10-12,14,16H,2-9H2,1H3. The highest BCUT2D eigenvalue weighted by atomic mass is 32.2. The topological polar surface area (TPSA) is 76.0 Å². The summed E-state index contributed by atoms with van der Waals surface area (Å²) < 4.78 is 28.5. The van der Waals surface area contributed by atoms with Gasteiger partial charge in [-0.25, -0.2) is 13.1 Å². The monoisotopic (exact) mass is 300 g/mol. The van der Waals surface area contributed by atoms with Crippen LogP contribution in [0, 0.1) is 5.92 Å². The van der Waals surface area contributed by atoms with E-state index < -0.39 is 10.0 Å². The van der Waals surface area contributed by atoms with Crippen molar-refractivity contribution in [2.45, 2.75) is 43.5 Å². The second kappa shape index (κ2) is 7.19. The van der Waals surface area contributed by atoms with E-state index in [4.69, 9.17) is 0 Å². The molecule has 0 bridgehead atoms. The van der Waals surface area contributed by atoms with Crippen molar-refractivity contribution < 1.29 is 8.42 Å². The number of aryl methyl sites for hydroxylation is 1. The Morgan fingerprint density at radius 3 is 2.85 bits per heavy atom. The first-order chi connectivity index (χ1) is 9.62. The molecule has 0 saturated heterocycles. The van der Waals surface area contributed by atoms with Gasteiger partial charge < -0.3 is 5.32 Å². The van der Waals surface area contributed by atoms with Crippen LogP contribution in [-0.2, 0) is 16.6 Å². The highest BCUT2D eigenvalue weighted by Gasteiger charge is 2.20. The molecule has 6 nitrogen and oxygen atoms in total. The van der Waals surface area contributed by atoms with Crippen LogP contribution in [0.1, 0.15) is 32.1 Å². The van der Waals surface area contributed by atoms with E-state index in [1.165, 1.54) is 25.5 Å². The van der Waals surface area contributed by atoms with Gasteiger partial charge in [-0.3, -0.25) is 4.68 Å². The van der Waals surface area contributed by atoms with Crippen molar-refractivity contribution in [2.75, 3.05) is 20.1 Å². The molecule has 0 amide bonds. The minimum Gasteiger partial charge on any atom is -0.320 e. The zero-order chi connectivity index (χ0) is 14.4. The Labute approximate surface area is 121 Å². The molecule has 0 unspecified atom stereocenters. The van der Waals surface area contributed by atoms with Gasteiger partial charge in [-0.15, -0.1) is 0 Å². The van der Waals surface area contributed by atoms with Gasteiger partial charge in [0.2, 0.25) is 10.0 Å². The number of hydrogen-bond acceptors (Lipinski definition) is 4. The van der Waals surface area contributed by atoms with Crippen LogP contribution in [-0.4, -0.2) is 38.3 Å². The zero-order valence-corrected chi connectivity index (χ0v) is 12.8. The number of sulfonamides is 1. The van der Waals surface area contributed by atoms with E-state index in [2.05, 4.69) is 15.1 Å². The van der Waals surface area contributed by atoms with Gasteiger partial charge in [0.05, 0.1) is 6.20 Å². The molecule has 2 rings (SSSR count). The molecule has 0 radical (unpaired) electrons. The fraction of sp³-hybridized carbons (Fsp3) is 0.769. The van der Waals surface area contributed by atoms with Gasteiger partial charge in [0.1, 0.15) is 4.90 Å². The first-order valence-electron chi connectivity index (χ1n) is 7.28. The molecule has 1 heterocycles. The third kappa shape index (κ3) is 4.29. The van der Waals surface area contributed by atoms with Gasteiger partial charge >= 0.3 is 0 Å². The molecule has 1 aromatic heterocycles. The number of hydrogen-bond donors (Lipinski definition) is 2. The summed E-state index contributed by atoms with van der Waals surface area (Å²) in [6, 6.07) is 0. The second-order valence-corrected chi connectivity index (χ2v) is 7.15. The minimum atomic E-state index is -3.40. The molecule has 1 fully saturated rings. The normalized spacial score (nSPS) is 16.2. The summed E-state index contributed by atoms with van der Waals surface area (Å²) in [5, 5.41) is 7.15. The lowest BCUT2D eigenvalue weighted by Gasteiger charge is -2.24. The van der Waals surface area contributed by atoms with E-state index in [0.29, 0.717) is 12.5 Å². The third-order valence-corrected chi connectivity index (χ3v) is 5.22. The summed E-state index contributed by atoms with van der Waals surface area (Å²) in [5.74, 6) is 0.710. The van der Waals surface area contributed by atoms with Gasteiger partial charge in [-0.1, -0.05) is 19.3 Å². The molecule has 114 valence electrons. The van der Waals surface area contributed by atoms with Gasteiger partial charge in [0, 0.05) is 19.3 Å².